The maximum Gasteiger partial charge on any atom is 0.489 e. The predicted molar refractivity (Wildman–Crippen MR) is 61.9 cm³/mol. The van der Waals surface area contributed by atoms with Crippen molar-refractivity contribution in [3.8, 4) is 0 Å². The topological polar surface area (TPSA) is 66.8 Å². The molecule has 1 rings (SSSR count). The Morgan fingerprint density at radius 2 is 2.12 bits per heavy atom. The molecule has 0 amide bonds. The summed E-state index contributed by atoms with van der Waals surface area (Å²) in [7, 11) is -1.55. The number of hydrogen-bond donors (Lipinski definition) is 2. The molecule has 0 unspecified atom stereocenters. The summed E-state index contributed by atoms with van der Waals surface area (Å²) in [5, 5.41) is 18.2. The van der Waals surface area contributed by atoms with E-state index in [1.807, 2.05) is 0 Å². The lowest BCUT2D eigenvalue weighted by atomic mass is 9.77. The normalized spacial score (nSPS) is 10.4. The van der Waals surface area contributed by atoms with Crippen LogP contribution >= 0.6 is 0 Å². The van der Waals surface area contributed by atoms with Crippen molar-refractivity contribution in [1.82, 2.24) is 0 Å². The van der Waals surface area contributed by atoms with E-state index in [1.165, 1.54) is 12.2 Å². The Balaban J connectivity index is 2.84. The lowest BCUT2D eigenvalue weighted by molar-refractivity contribution is -0.137. The van der Waals surface area contributed by atoms with Crippen LogP contribution in [0.25, 0.3) is 6.08 Å². The first kappa shape index (κ1) is 12.5. The lowest BCUT2D eigenvalue weighted by Gasteiger charge is -2.03. The van der Waals surface area contributed by atoms with Crippen molar-refractivity contribution in [2.75, 3.05) is 6.61 Å². The summed E-state index contributed by atoms with van der Waals surface area (Å²) < 4.78 is 4.71. The third-order valence-electron chi connectivity index (χ3n) is 1.96. The van der Waals surface area contributed by atoms with Gasteiger partial charge in [0.2, 0.25) is 0 Å². The second kappa shape index (κ2) is 6.10. The fraction of sp³-hybridized carbons (Fsp3) is 0.182. The zero-order chi connectivity index (χ0) is 12.0. The molecule has 16 heavy (non-hydrogen) atoms. The first-order valence-electron chi connectivity index (χ1n) is 4.95. The van der Waals surface area contributed by atoms with Gasteiger partial charge in [0.15, 0.2) is 0 Å². The van der Waals surface area contributed by atoms with Gasteiger partial charge in [0.1, 0.15) is 0 Å². The molecule has 0 heterocycles. The van der Waals surface area contributed by atoms with E-state index >= 15 is 0 Å². The molecule has 4 nitrogen and oxygen atoms in total. The van der Waals surface area contributed by atoms with E-state index in [4.69, 9.17) is 14.8 Å². The van der Waals surface area contributed by atoms with Crippen LogP contribution in [-0.2, 0) is 9.53 Å². The highest BCUT2D eigenvalue weighted by Crippen LogP contribution is 2.00. The Hall–Kier alpha value is -1.59. The minimum atomic E-state index is -1.55. The van der Waals surface area contributed by atoms with Crippen LogP contribution in [0.3, 0.4) is 0 Å². The highest BCUT2D eigenvalue weighted by Gasteiger charge is 2.13. The van der Waals surface area contributed by atoms with Crippen molar-refractivity contribution in [1.29, 1.82) is 0 Å². The molecule has 2 N–H and O–H groups in total. The van der Waals surface area contributed by atoms with Crippen molar-refractivity contribution in [3.05, 3.63) is 35.9 Å². The number of esters is 1. The smallest absolute Gasteiger partial charge is 0.463 e. The number of carbonyl (C=O) groups excluding carboxylic acids is 1. The first-order chi connectivity index (χ1) is 7.65. The van der Waals surface area contributed by atoms with Gasteiger partial charge < -0.3 is 14.8 Å². The third-order valence-corrected chi connectivity index (χ3v) is 1.96. The molecule has 0 aliphatic heterocycles. The molecule has 1 aromatic rings. The van der Waals surface area contributed by atoms with E-state index in [1.54, 1.807) is 31.2 Å². The molecule has 0 radical (unpaired) electrons. The molecule has 0 bridgehead atoms. The summed E-state index contributed by atoms with van der Waals surface area (Å²) in [5.41, 5.74) is 0.925. The number of rotatable bonds is 4. The second-order valence-corrected chi connectivity index (χ2v) is 3.09. The summed E-state index contributed by atoms with van der Waals surface area (Å²) in [6, 6.07) is 6.70. The molecule has 0 saturated heterocycles. The number of carbonyl (C=O) groups is 1. The van der Waals surface area contributed by atoms with Crippen molar-refractivity contribution in [2.24, 2.45) is 0 Å². The highest BCUT2D eigenvalue weighted by atomic mass is 16.5. The largest absolute Gasteiger partial charge is 0.489 e. The van der Waals surface area contributed by atoms with E-state index in [9.17, 15) is 4.79 Å². The molecule has 0 aliphatic rings. The lowest BCUT2D eigenvalue weighted by Crippen LogP contribution is -2.31. The Bertz CT molecular complexity index is 387. The van der Waals surface area contributed by atoms with Crippen molar-refractivity contribution in [3.63, 3.8) is 0 Å². The van der Waals surface area contributed by atoms with Crippen LogP contribution in [0.1, 0.15) is 12.5 Å². The quantitative estimate of drug-likeness (QED) is 0.424. The Morgan fingerprint density at radius 3 is 2.75 bits per heavy atom. The van der Waals surface area contributed by atoms with E-state index in [2.05, 4.69) is 0 Å². The zero-order valence-corrected chi connectivity index (χ0v) is 8.96. The maximum atomic E-state index is 11.1. The van der Waals surface area contributed by atoms with Crippen molar-refractivity contribution in [2.45, 2.75) is 6.92 Å². The van der Waals surface area contributed by atoms with Gasteiger partial charge in [0, 0.05) is 6.08 Å². The van der Waals surface area contributed by atoms with Crippen molar-refractivity contribution >= 4 is 24.6 Å². The summed E-state index contributed by atoms with van der Waals surface area (Å²) in [6.07, 6.45) is 2.75. The number of benzene rings is 1. The summed E-state index contributed by atoms with van der Waals surface area (Å²) >= 11 is 0. The summed E-state index contributed by atoms with van der Waals surface area (Å²) in [4.78, 5) is 11.1. The van der Waals surface area contributed by atoms with Crippen molar-refractivity contribution < 1.29 is 19.6 Å². The zero-order valence-electron chi connectivity index (χ0n) is 8.96. The number of ether oxygens (including phenoxy) is 1. The standard InChI is InChI=1S/C11H13BO4/c1-2-16-11(13)8-7-9-5-3-4-6-10(9)12(14)15/h3-8,14-15H,2H2,1H3/b8-7+. The van der Waals surface area contributed by atoms with Crippen LogP contribution in [0, 0.1) is 0 Å². The van der Waals surface area contributed by atoms with Gasteiger partial charge >= 0.3 is 13.1 Å². The van der Waals surface area contributed by atoms with Gasteiger partial charge in [-0.2, -0.15) is 0 Å². The minimum Gasteiger partial charge on any atom is -0.463 e. The number of hydrogen-bond acceptors (Lipinski definition) is 4. The van der Waals surface area contributed by atoms with Gasteiger partial charge in [-0.3, -0.25) is 0 Å². The molecular formula is C11H13BO4. The van der Waals surface area contributed by atoms with Crippen LogP contribution in [0.2, 0.25) is 0 Å². The molecule has 5 heteroatoms. The van der Waals surface area contributed by atoms with Gasteiger partial charge in [-0.15, -0.1) is 0 Å². The monoisotopic (exact) mass is 220 g/mol. The maximum absolute atomic E-state index is 11.1. The fourth-order valence-electron chi connectivity index (χ4n) is 1.25. The SMILES string of the molecule is CCOC(=O)/C=C/c1ccccc1B(O)O. The van der Waals surface area contributed by atoms with Gasteiger partial charge in [-0.25, -0.2) is 4.79 Å². The van der Waals surface area contributed by atoms with Crippen LogP contribution in [0.4, 0.5) is 0 Å². The van der Waals surface area contributed by atoms with Gasteiger partial charge in [0.05, 0.1) is 6.61 Å². The summed E-state index contributed by atoms with van der Waals surface area (Å²) in [6.45, 7) is 2.03. The molecule has 0 aliphatic carbocycles. The average molecular weight is 220 g/mol. The van der Waals surface area contributed by atoms with Crippen LogP contribution in [0.5, 0.6) is 0 Å². The summed E-state index contributed by atoms with van der Waals surface area (Å²) in [5.74, 6) is -0.454. The Labute approximate surface area is 94.3 Å². The van der Waals surface area contributed by atoms with E-state index in [0.717, 1.165) is 0 Å². The van der Waals surface area contributed by atoms with Gasteiger partial charge in [-0.05, 0) is 24.0 Å². The average Bonchev–Trinajstić information content (AvgIpc) is 2.27. The van der Waals surface area contributed by atoms with E-state index in [-0.39, 0.29) is 0 Å². The molecule has 0 fully saturated rings. The van der Waals surface area contributed by atoms with Crippen LogP contribution < -0.4 is 5.46 Å². The third kappa shape index (κ3) is 3.53. The fourth-order valence-corrected chi connectivity index (χ4v) is 1.25. The molecule has 84 valence electrons. The van der Waals surface area contributed by atoms with Gasteiger partial charge in [0.25, 0.3) is 0 Å². The van der Waals surface area contributed by atoms with Crippen LogP contribution in [-0.4, -0.2) is 29.7 Å². The molecular weight excluding hydrogens is 207 g/mol. The van der Waals surface area contributed by atoms with E-state index in [0.29, 0.717) is 17.6 Å². The first-order valence-corrected chi connectivity index (χ1v) is 4.95. The van der Waals surface area contributed by atoms with Gasteiger partial charge in [-0.1, -0.05) is 24.3 Å². The highest BCUT2D eigenvalue weighted by molar-refractivity contribution is 6.59. The Morgan fingerprint density at radius 1 is 1.44 bits per heavy atom. The molecule has 0 aromatic heterocycles. The molecule has 0 atom stereocenters. The molecule has 0 spiro atoms. The molecule has 1 aromatic carbocycles. The predicted octanol–water partition coefficient (Wildman–Crippen LogP) is -0.0573. The Kier molecular flexibility index (Phi) is 4.76. The minimum absolute atomic E-state index is 0.313. The second-order valence-electron chi connectivity index (χ2n) is 3.09. The van der Waals surface area contributed by atoms with Crippen LogP contribution in [0.15, 0.2) is 30.3 Å². The molecule has 0 saturated carbocycles. The van der Waals surface area contributed by atoms with E-state index < -0.39 is 13.1 Å².